The molecule has 2 rings (SSSR count). The van der Waals surface area contributed by atoms with Crippen molar-refractivity contribution in [1.29, 1.82) is 0 Å². The fourth-order valence-corrected chi connectivity index (χ4v) is 1.46. The van der Waals surface area contributed by atoms with E-state index in [-0.39, 0.29) is 0 Å². The zero-order chi connectivity index (χ0) is 11.4. The summed E-state index contributed by atoms with van der Waals surface area (Å²) in [6.45, 7) is 0. The molecule has 0 amide bonds. The molecule has 78 valence electrons. The van der Waals surface area contributed by atoms with Gasteiger partial charge in [-0.1, -0.05) is 5.92 Å². The van der Waals surface area contributed by atoms with E-state index in [1.807, 2.05) is 18.2 Å². The van der Waals surface area contributed by atoms with Crippen molar-refractivity contribution in [2.45, 2.75) is 0 Å². The third kappa shape index (κ3) is 1.86. The quantitative estimate of drug-likeness (QED) is 0.712. The van der Waals surface area contributed by atoms with Crippen LogP contribution in [0, 0.1) is 12.3 Å². The number of benzene rings is 1. The summed E-state index contributed by atoms with van der Waals surface area (Å²) in [5, 5.41) is 0. The summed E-state index contributed by atoms with van der Waals surface area (Å²) < 4.78 is 5.28. The summed E-state index contributed by atoms with van der Waals surface area (Å²) >= 11 is 0. The summed E-state index contributed by atoms with van der Waals surface area (Å²) in [4.78, 5) is 7.95. The van der Waals surface area contributed by atoms with Gasteiger partial charge >= 0.3 is 0 Å². The number of hydrogen-bond acceptors (Lipinski definition) is 3. The summed E-state index contributed by atoms with van der Waals surface area (Å²) in [5.41, 5.74) is 2.59. The van der Waals surface area contributed by atoms with Crippen molar-refractivity contribution in [1.82, 2.24) is 9.97 Å². The van der Waals surface area contributed by atoms with Crippen LogP contribution in [0.25, 0.3) is 11.1 Å². The van der Waals surface area contributed by atoms with Gasteiger partial charge < -0.3 is 4.74 Å². The lowest BCUT2D eigenvalue weighted by atomic mass is 10.0. The average Bonchev–Trinajstić information content (AvgIpc) is 2.39. The Morgan fingerprint density at radius 2 is 2.00 bits per heavy atom. The van der Waals surface area contributed by atoms with Crippen LogP contribution in [0.3, 0.4) is 0 Å². The number of aromatic nitrogens is 2. The first-order valence-electron chi connectivity index (χ1n) is 4.75. The van der Waals surface area contributed by atoms with Gasteiger partial charge in [0.1, 0.15) is 12.1 Å². The number of hydrogen-bond donors (Lipinski definition) is 0. The van der Waals surface area contributed by atoms with Gasteiger partial charge in [0.05, 0.1) is 7.11 Å². The van der Waals surface area contributed by atoms with Crippen LogP contribution in [0.5, 0.6) is 5.75 Å². The molecule has 0 fully saturated rings. The maximum Gasteiger partial charge on any atom is 0.126 e. The molecule has 0 saturated heterocycles. The Labute approximate surface area is 94.1 Å². The van der Waals surface area contributed by atoms with Gasteiger partial charge in [-0.15, -0.1) is 6.42 Å². The number of ether oxygens (including phenoxy) is 1. The molecule has 16 heavy (non-hydrogen) atoms. The lowest BCUT2D eigenvalue weighted by Crippen LogP contribution is -1.90. The van der Waals surface area contributed by atoms with Crippen molar-refractivity contribution < 1.29 is 4.74 Å². The summed E-state index contributed by atoms with van der Waals surface area (Å²) in [5.74, 6) is 3.35. The van der Waals surface area contributed by atoms with Crippen molar-refractivity contribution in [3.63, 3.8) is 0 Å². The highest BCUT2D eigenvalue weighted by molar-refractivity contribution is 5.70. The second-order valence-electron chi connectivity index (χ2n) is 3.19. The molecule has 0 atom stereocenters. The number of rotatable bonds is 2. The first-order valence-corrected chi connectivity index (χ1v) is 4.75. The molecule has 0 radical (unpaired) electrons. The van der Waals surface area contributed by atoms with Gasteiger partial charge in [0, 0.05) is 29.1 Å². The Morgan fingerprint density at radius 3 is 2.62 bits per heavy atom. The lowest BCUT2D eigenvalue weighted by Gasteiger charge is -2.08. The SMILES string of the molecule is C#Cc1ccc(OC)c(-c2cncnc2)c1. The minimum atomic E-state index is 0.758. The first kappa shape index (κ1) is 10.2. The lowest BCUT2D eigenvalue weighted by molar-refractivity contribution is 0.416. The first-order chi connectivity index (χ1) is 7.85. The van der Waals surface area contributed by atoms with E-state index in [1.165, 1.54) is 6.33 Å². The molecule has 1 heterocycles. The summed E-state index contributed by atoms with van der Waals surface area (Å²) in [7, 11) is 1.62. The highest BCUT2D eigenvalue weighted by atomic mass is 16.5. The Bertz CT molecular complexity index is 529. The van der Waals surface area contributed by atoms with Crippen LogP contribution in [-0.4, -0.2) is 17.1 Å². The highest BCUT2D eigenvalue weighted by Crippen LogP contribution is 2.29. The van der Waals surface area contributed by atoms with E-state index in [9.17, 15) is 0 Å². The van der Waals surface area contributed by atoms with E-state index < -0.39 is 0 Å². The molecular weight excluding hydrogens is 200 g/mol. The van der Waals surface area contributed by atoms with Crippen molar-refractivity contribution in [3.8, 4) is 29.2 Å². The van der Waals surface area contributed by atoms with Crippen molar-refractivity contribution >= 4 is 0 Å². The molecule has 0 spiro atoms. The predicted octanol–water partition coefficient (Wildman–Crippen LogP) is 2.13. The number of nitrogens with zero attached hydrogens (tertiary/aromatic N) is 2. The summed E-state index contributed by atoms with van der Waals surface area (Å²) in [6, 6.07) is 5.57. The summed E-state index contributed by atoms with van der Waals surface area (Å²) in [6.07, 6.45) is 10.3. The third-order valence-electron chi connectivity index (χ3n) is 2.24. The van der Waals surface area contributed by atoms with Gasteiger partial charge in [0.2, 0.25) is 0 Å². The molecule has 2 aromatic rings. The molecule has 3 nitrogen and oxygen atoms in total. The molecule has 0 bridgehead atoms. The van der Waals surface area contributed by atoms with Crippen molar-refractivity contribution in [3.05, 3.63) is 42.5 Å². The van der Waals surface area contributed by atoms with E-state index in [1.54, 1.807) is 19.5 Å². The molecule has 0 aliphatic heterocycles. The smallest absolute Gasteiger partial charge is 0.126 e. The highest BCUT2D eigenvalue weighted by Gasteiger charge is 2.06. The minimum Gasteiger partial charge on any atom is -0.496 e. The second kappa shape index (κ2) is 4.45. The molecule has 0 N–H and O–H groups in total. The molecule has 0 aliphatic carbocycles. The van der Waals surface area contributed by atoms with E-state index in [4.69, 9.17) is 11.2 Å². The van der Waals surface area contributed by atoms with E-state index in [0.717, 1.165) is 22.4 Å². The fourth-order valence-electron chi connectivity index (χ4n) is 1.46. The molecular formula is C13H10N2O. The second-order valence-corrected chi connectivity index (χ2v) is 3.19. The van der Waals surface area contributed by atoms with Gasteiger partial charge in [0.15, 0.2) is 0 Å². The molecule has 1 aromatic heterocycles. The van der Waals surface area contributed by atoms with E-state index >= 15 is 0 Å². The van der Waals surface area contributed by atoms with Crippen LogP contribution in [0.1, 0.15) is 5.56 Å². The van der Waals surface area contributed by atoms with Crippen LogP contribution >= 0.6 is 0 Å². The third-order valence-corrected chi connectivity index (χ3v) is 2.24. The van der Waals surface area contributed by atoms with Crippen LogP contribution in [0.2, 0.25) is 0 Å². The molecule has 0 aliphatic rings. The Kier molecular flexibility index (Phi) is 2.84. The number of terminal acetylenes is 1. The van der Waals surface area contributed by atoms with Gasteiger partial charge in [-0.3, -0.25) is 0 Å². The monoisotopic (exact) mass is 210 g/mol. The minimum absolute atomic E-state index is 0.758. The standard InChI is InChI=1S/C13H10N2O/c1-3-10-4-5-13(16-2)12(6-10)11-7-14-9-15-8-11/h1,4-9H,2H3. The Morgan fingerprint density at radius 1 is 1.25 bits per heavy atom. The van der Waals surface area contributed by atoms with Crippen molar-refractivity contribution in [2.24, 2.45) is 0 Å². The van der Waals surface area contributed by atoms with Crippen molar-refractivity contribution in [2.75, 3.05) is 7.11 Å². The van der Waals surface area contributed by atoms with E-state index in [2.05, 4.69) is 15.9 Å². The fraction of sp³-hybridized carbons (Fsp3) is 0.0769. The molecule has 0 unspecified atom stereocenters. The average molecular weight is 210 g/mol. The van der Waals surface area contributed by atoms with Gasteiger partial charge in [0.25, 0.3) is 0 Å². The maximum absolute atomic E-state index is 5.37. The predicted molar refractivity (Wildman–Crippen MR) is 62.0 cm³/mol. The topological polar surface area (TPSA) is 35.0 Å². The van der Waals surface area contributed by atoms with Crippen LogP contribution in [0.4, 0.5) is 0 Å². The van der Waals surface area contributed by atoms with Crippen LogP contribution in [0.15, 0.2) is 36.9 Å². The zero-order valence-electron chi connectivity index (χ0n) is 8.84. The zero-order valence-corrected chi connectivity index (χ0v) is 8.84. The largest absolute Gasteiger partial charge is 0.496 e. The van der Waals surface area contributed by atoms with E-state index in [0.29, 0.717) is 0 Å². The van der Waals surface area contributed by atoms with Gasteiger partial charge in [-0.25, -0.2) is 9.97 Å². The van der Waals surface area contributed by atoms with Crippen LogP contribution < -0.4 is 4.74 Å². The molecule has 1 aromatic carbocycles. The number of methoxy groups -OCH3 is 1. The Hall–Kier alpha value is -2.34. The molecule has 3 heteroatoms. The molecule has 0 saturated carbocycles. The van der Waals surface area contributed by atoms with Gasteiger partial charge in [-0.2, -0.15) is 0 Å². The maximum atomic E-state index is 5.37. The van der Waals surface area contributed by atoms with Gasteiger partial charge in [-0.05, 0) is 18.2 Å². The Balaban J connectivity index is 2.59. The normalized spacial score (nSPS) is 9.50. The van der Waals surface area contributed by atoms with Crippen LogP contribution in [-0.2, 0) is 0 Å².